The van der Waals surface area contributed by atoms with Crippen LogP contribution in [0, 0.1) is 39.8 Å². The average molecular weight is 606 g/mol. The molecule has 0 aliphatic heterocycles. The second kappa shape index (κ2) is 10.9. The first-order valence-electron chi connectivity index (χ1n) is 13.6. The number of esters is 2. The van der Waals surface area contributed by atoms with Crippen molar-refractivity contribution in [2.75, 3.05) is 6.61 Å². The Hall–Kier alpha value is -2.32. The van der Waals surface area contributed by atoms with Gasteiger partial charge in [-0.05, 0) is 67.2 Å². The third kappa shape index (κ3) is 5.15. The van der Waals surface area contributed by atoms with E-state index in [-0.39, 0.29) is 34.5 Å². The fourth-order valence-corrected chi connectivity index (χ4v) is 8.05. The lowest BCUT2D eigenvalue weighted by Crippen LogP contribution is -2.63. The van der Waals surface area contributed by atoms with Gasteiger partial charge in [-0.15, -0.1) is 6.58 Å². The summed E-state index contributed by atoms with van der Waals surface area (Å²) in [5.41, 5.74) is -1.58. The highest BCUT2D eigenvalue weighted by molar-refractivity contribution is 9.10. The Morgan fingerprint density at radius 3 is 2.67 bits per heavy atom. The predicted octanol–water partition coefficient (Wildman–Crippen LogP) is 6.05. The smallest absolute Gasteiger partial charge is 0.344 e. The van der Waals surface area contributed by atoms with Crippen LogP contribution in [0.3, 0.4) is 0 Å². The summed E-state index contributed by atoms with van der Waals surface area (Å²) in [6.45, 7) is 11.5. The van der Waals surface area contributed by atoms with Crippen molar-refractivity contribution in [3.8, 4) is 0 Å². The molecule has 212 valence electrons. The summed E-state index contributed by atoms with van der Waals surface area (Å²) in [5.74, 6) is -2.24. The number of halogens is 2. The first-order chi connectivity index (χ1) is 18.3. The minimum atomic E-state index is -0.814. The quantitative estimate of drug-likeness (QED) is 0.241. The minimum Gasteiger partial charge on any atom is -0.459 e. The highest BCUT2D eigenvalue weighted by Crippen LogP contribution is 2.68. The second-order valence-electron chi connectivity index (χ2n) is 12.2. The first kappa shape index (κ1) is 29.7. The van der Waals surface area contributed by atoms with Gasteiger partial charge in [0.1, 0.15) is 17.7 Å². The Bertz CT molecular complexity index is 1200. The summed E-state index contributed by atoms with van der Waals surface area (Å²) in [6.07, 6.45) is 5.78. The summed E-state index contributed by atoms with van der Waals surface area (Å²) < 4.78 is 25.8. The first-order valence-corrected chi connectivity index (χ1v) is 14.4. The van der Waals surface area contributed by atoms with Gasteiger partial charge in [-0.3, -0.25) is 4.79 Å². The number of benzene rings is 1. The summed E-state index contributed by atoms with van der Waals surface area (Å²) in [5, 5.41) is 11.6. The molecule has 3 aliphatic rings. The number of rotatable bonds is 6. The van der Waals surface area contributed by atoms with Crippen molar-refractivity contribution >= 4 is 39.7 Å². The summed E-state index contributed by atoms with van der Waals surface area (Å²) in [6, 6.07) is 4.33. The zero-order chi connectivity index (χ0) is 28.8. The Labute approximate surface area is 238 Å². The molecule has 4 rings (SSSR count). The maximum atomic E-state index is 13.9. The molecule has 8 atom stereocenters. The number of ketones is 1. The van der Waals surface area contributed by atoms with Gasteiger partial charge in [-0.25, -0.2) is 14.0 Å². The zero-order valence-electron chi connectivity index (χ0n) is 23.0. The van der Waals surface area contributed by atoms with Crippen molar-refractivity contribution in [2.24, 2.45) is 34.0 Å². The average Bonchev–Trinajstić information content (AvgIpc) is 3.26. The lowest BCUT2D eigenvalue weighted by atomic mass is 9.44. The Kier molecular flexibility index (Phi) is 8.31. The largest absolute Gasteiger partial charge is 0.459 e. The number of aliphatic hydroxyl groups is 1. The van der Waals surface area contributed by atoms with Gasteiger partial charge < -0.3 is 14.6 Å². The molecule has 39 heavy (non-hydrogen) atoms. The van der Waals surface area contributed by atoms with Crippen LogP contribution in [0.15, 0.2) is 41.4 Å². The molecule has 2 unspecified atom stereocenters. The molecule has 0 radical (unpaired) electrons. The van der Waals surface area contributed by atoms with Gasteiger partial charge in [0.05, 0.1) is 6.10 Å². The standard InChI is InChI=1S/C31H38BrFO6/c1-6-29(4)16-24(39-26(36)17-38-25(35)10-7-20-15-21(32)8-9-22(20)33)30(5)18(2)11-13-31(19(3)28(29)37)14-12-23(34)27(30)31/h6-10,15,18-19,24,27-28,37H,1,11-14,16-17H2,2-5H3/b10-7+/t18-,19-,24+,27-,28-,29?,30-,31?/m0/s1. The molecule has 0 amide bonds. The van der Waals surface area contributed by atoms with Crippen molar-refractivity contribution in [3.05, 3.63) is 52.8 Å². The van der Waals surface area contributed by atoms with Crippen molar-refractivity contribution in [3.63, 3.8) is 0 Å². The molecule has 0 saturated heterocycles. The van der Waals surface area contributed by atoms with Gasteiger partial charge in [0.15, 0.2) is 6.61 Å². The molecular weight excluding hydrogens is 567 g/mol. The molecular formula is C31H38BrFO6. The van der Waals surface area contributed by atoms with E-state index in [1.807, 2.05) is 20.8 Å². The van der Waals surface area contributed by atoms with Crippen molar-refractivity contribution in [1.29, 1.82) is 0 Å². The van der Waals surface area contributed by atoms with Crippen molar-refractivity contribution in [1.82, 2.24) is 0 Å². The number of hydrogen-bond donors (Lipinski definition) is 1. The summed E-state index contributed by atoms with van der Waals surface area (Å²) >= 11 is 3.26. The maximum absolute atomic E-state index is 13.9. The molecule has 0 aromatic heterocycles. The number of ether oxygens (including phenoxy) is 2. The number of carbonyl (C=O) groups is 3. The van der Waals surface area contributed by atoms with Gasteiger partial charge in [0, 0.05) is 39.3 Å². The topological polar surface area (TPSA) is 89.9 Å². The number of aliphatic hydroxyl groups excluding tert-OH is 1. The molecule has 2 bridgehead atoms. The molecule has 1 N–H and O–H groups in total. The highest BCUT2D eigenvalue weighted by atomic mass is 79.9. The van der Waals surface area contributed by atoms with Crippen LogP contribution in [0.4, 0.5) is 4.39 Å². The molecule has 3 aliphatic carbocycles. The third-order valence-electron chi connectivity index (χ3n) is 10.3. The Morgan fingerprint density at radius 2 is 1.97 bits per heavy atom. The van der Waals surface area contributed by atoms with Crippen LogP contribution in [-0.4, -0.2) is 41.6 Å². The van der Waals surface area contributed by atoms with Gasteiger partial charge in [-0.1, -0.05) is 49.7 Å². The van der Waals surface area contributed by atoms with E-state index in [0.717, 1.165) is 18.9 Å². The van der Waals surface area contributed by atoms with Crippen LogP contribution in [0.1, 0.15) is 65.4 Å². The normalized spacial score (nSPS) is 38.0. The lowest BCUT2D eigenvalue weighted by Gasteiger charge is -2.61. The minimum absolute atomic E-state index is 0.0950. The van der Waals surface area contributed by atoms with Crippen molar-refractivity contribution in [2.45, 2.75) is 72.0 Å². The van der Waals surface area contributed by atoms with Crippen LogP contribution in [-0.2, 0) is 23.9 Å². The zero-order valence-corrected chi connectivity index (χ0v) is 24.6. The Balaban J connectivity index is 1.56. The molecule has 8 heteroatoms. The summed E-state index contributed by atoms with van der Waals surface area (Å²) in [7, 11) is 0. The van der Waals surface area contributed by atoms with Gasteiger partial charge >= 0.3 is 11.9 Å². The van der Waals surface area contributed by atoms with Gasteiger partial charge in [0.25, 0.3) is 0 Å². The molecule has 6 nitrogen and oxygen atoms in total. The van der Waals surface area contributed by atoms with Gasteiger partial charge in [-0.2, -0.15) is 0 Å². The lowest BCUT2D eigenvalue weighted by molar-refractivity contribution is -0.208. The van der Waals surface area contributed by atoms with Crippen LogP contribution >= 0.6 is 15.9 Å². The van der Waals surface area contributed by atoms with Crippen LogP contribution < -0.4 is 0 Å². The molecule has 0 spiro atoms. The second-order valence-corrected chi connectivity index (χ2v) is 13.1. The van der Waals surface area contributed by atoms with Crippen molar-refractivity contribution < 1.29 is 33.4 Å². The molecule has 3 fully saturated rings. The molecule has 3 saturated carbocycles. The SMILES string of the molecule is C=CC1(C)C[C@@H](OC(=O)COC(=O)/C=C/c2cc(Br)ccc2F)[C@@]2(C)[C@@H]3C(=O)CCC3(CC[C@@H]2C)[C@@H](C)[C@@H]1O. The van der Waals surface area contributed by atoms with Crippen LogP contribution in [0.2, 0.25) is 0 Å². The number of Topliss-reactive ketones (excluding diaryl/α,β-unsaturated/α-hetero) is 1. The molecule has 1 aromatic carbocycles. The fourth-order valence-electron chi connectivity index (χ4n) is 7.67. The van der Waals surface area contributed by atoms with E-state index in [9.17, 15) is 23.9 Å². The molecule has 1 aromatic rings. The van der Waals surface area contributed by atoms with E-state index >= 15 is 0 Å². The number of carbonyl (C=O) groups excluding carboxylic acids is 3. The third-order valence-corrected chi connectivity index (χ3v) is 10.8. The fraction of sp³-hybridized carbons (Fsp3) is 0.581. The van der Waals surface area contributed by atoms with Crippen LogP contribution in [0.25, 0.3) is 6.08 Å². The highest BCUT2D eigenvalue weighted by Gasteiger charge is 2.68. The maximum Gasteiger partial charge on any atom is 0.344 e. The Morgan fingerprint density at radius 1 is 1.26 bits per heavy atom. The van der Waals surface area contributed by atoms with E-state index < -0.39 is 47.4 Å². The number of hydrogen-bond acceptors (Lipinski definition) is 6. The summed E-state index contributed by atoms with van der Waals surface area (Å²) in [4.78, 5) is 38.8. The van der Waals surface area contributed by atoms with E-state index in [0.29, 0.717) is 23.7 Å². The molecule has 0 heterocycles. The van der Waals surface area contributed by atoms with E-state index in [1.165, 1.54) is 18.2 Å². The van der Waals surface area contributed by atoms with E-state index in [1.54, 1.807) is 12.1 Å². The van der Waals surface area contributed by atoms with Gasteiger partial charge in [0.2, 0.25) is 0 Å². The van der Waals surface area contributed by atoms with E-state index in [2.05, 4.69) is 29.4 Å². The predicted molar refractivity (Wildman–Crippen MR) is 149 cm³/mol. The van der Waals surface area contributed by atoms with E-state index in [4.69, 9.17) is 9.47 Å². The monoisotopic (exact) mass is 604 g/mol. The van der Waals surface area contributed by atoms with Crippen LogP contribution in [0.5, 0.6) is 0 Å².